The van der Waals surface area contributed by atoms with Gasteiger partial charge in [-0.1, -0.05) is 6.07 Å². The first-order chi connectivity index (χ1) is 11.5. The third-order valence-corrected chi connectivity index (χ3v) is 4.10. The second-order valence-corrected chi connectivity index (χ2v) is 6.10. The largest absolute Gasteiger partial charge is 0.368 e. The first kappa shape index (κ1) is 17.9. The van der Waals surface area contributed by atoms with Crippen molar-refractivity contribution in [2.75, 3.05) is 19.6 Å². The number of nitrogens with zero attached hydrogens (tertiary/aromatic N) is 2. The maximum Gasteiger partial charge on any atom is 0.293 e. The molecule has 10 heteroatoms. The van der Waals surface area contributed by atoms with Crippen LogP contribution in [0.25, 0.3) is 6.08 Å². The molecular formula is C14H15N5O3S2. The third-order valence-electron chi connectivity index (χ3n) is 2.90. The van der Waals surface area contributed by atoms with Crippen molar-refractivity contribution >= 4 is 52.2 Å². The van der Waals surface area contributed by atoms with Gasteiger partial charge in [-0.05, 0) is 41.7 Å². The van der Waals surface area contributed by atoms with Crippen LogP contribution in [0.15, 0.2) is 29.4 Å². The number of nitrogens with two attached hydrogens (primary N) is 1. The van der Waals surface area contributed by atoms with E-state index in [1.807, 2.05) is 0 Å². The average Bonchev–Trinajstić information content (AvgIpc) is 2.81. The third kappa shape index (κ3) is 5.03. The zero-order valence-electron chi connectivity index (χ0n) is 12.5. The standard InChI is InChI=1S/C14H15N5O3S2/c15-11(20)8-18-13(23)17-4-5-19-12(21)10(24-14(19)22)6-9-2-1-3-16-7-9/h1-3,6-7H,4-5,8H2,(H2,15,20)(H2,17,18,23)/b10-6+. The zero-order chi connectivity index (χ0) is 17.5. The molecule has 8 nitrogen and oxygen atoms in total. The molecule has 4 N–H and O–H groups in total. The Kier molecular flexibility index (Phi) is 6.27. The van der Waals surface area contributed by atoms with Crippen molar-refractivity contribution in [2.45, 2.75) is 0 Å². The van der Waals surface area contributed by atoms with E-state index in [4.69, 9.17) is 18.0 Å². The lowest BCUT2D eigenvalue weighted by Gasteiger charge is -2.14. The predicted molar refractivity (Wildman–Crippen MR) is 94.7 cm³/mol. The van der Waals surface area contributed by atoms with Crippen LogP contribution in [0.2, 0.25) is 0 Å². The SMILES string of the molecule is NC(=O)CNC(=S)NCCN1C(=O)S/C(=C/c2cccnc2)C1=O. The number of amides is 3. The molecule has 0 bridgehead atoms. The van der Waals surface area contributed by atoms with Crippen molar-refractivity contribution in [3.8, 4) is 0 Å². The number of rotatable bonds is 6. The van der Waals surface area contributed by atoms with E-state index in [1.54, 1.807) is 30.6 Å². The summed E-state index contributed by atoms with van der Waals surface area (Å²) in [6.07, 6.45) is 4.87. The molecule has 0 saturated carbocycles. The molecule has 1 aliphatic rings. The van der Waals surface area contributed by atoms with Crippen molar-refractivity contribution in [1.82, 2.24) is 20.5 Å². The van der Waals surface area contributed by atoms with Crippen molar-refractivity contribution in [2.24, 2.45) is 5.73 Å². The van der Waals surface area contributed by atoms with Crippen molar-refractivity contribution in [1.29, 1.82) is 0 Å². The molecule has 0 aliphatic carbocycles. The number of aromatic nitrogens is 1. The van der Waals surface area contributed by atoms with Gasteiger partial charge in [0.15, 0.2) is 5.11 Å². The summed E-state index contributed by atoms with van der Waals surface area (Å²) in [5.74, 6) is -0.891. The Hall–Kier alpha value is -2.46. The Bertz CT molecular complexity index is 693. The highest BCUT2D eigenvalue weighted by Gasteiger charge is 2.34. The molecule has 0 atom stereocenters. The summed E-state index contributed by atoms with van der Waals surface area (Å²) in [6.45, 7) is 0.345. The molecule has 1 aliphatic heterocycles. The van der Waals surface area contributed by atoms with E-state index in [1.165, 1.54) is 0 Å². The molecule has 3 amide bonds. The molecule has 2 heterocycles. The van der Waals surface area contributed by atoms with E-state index in [-0.39, 0.29) is 35.9 Å². The van der Waals surface area contributed by atoms with E-state index in [2.05, 4.69) is 15.6 Å². The molecule has 0 radical (unpaired) electrons. The molecule has 0 unspecified atom stereocenters. The molecule has 1 fully saturated rings. The fourth-order valence-electron chi connectivity index (χ4n) is 1.82. The fraction of sp³-hybridized carbons (Fsp3) is 0.214. The number of nitrogens with one attached hydrogen (secondary N) is 2. The summed E-state index contributed by atoms with van der Waals surface area (Å²) in [6, 6.07) is 3.55. The lowest BCUT2D eigenvalue weighted by molar-refractivity contribution is -0.122. The number of thiocarbonyl (C=S) groups is 1. The Balaban J connectivity index is 1.87. The van der Waals surface area contributed by atoms with E-state index in [0.717, 1.165) is 22.2 Å². The van der Waals surface area contributed by atoms with Crippen molar-refractivity contribution in [3.63, 3.8) is 0 Å². The van der Waals surface area contributed by atoms with Crippen LogP contribution in [-0.4, -0.2) is 51.7 Å². The topological polar surface area (TPSA) is 117 Å². The number of hydrogen-bond donors (Lipinski definition) is 3. The number of primary amides is 1. The highest BCUT2D eigenvalue weighted by atomic mass is 32.2. The average molecular weight is 365 g/mol. The smallest absolute Gasteiger partial charge is 0.293 e. The van der Waals surface area contributed by atoms with Gasteiger partial charge in [-0.2, -0.15) is 0 Å². The van der Waals surface area contributed by atoms with E-state index >= 15 is 0 Å². The Morgan fingerprint density at radius 2 is 2.21 bits per heavy atom. The molecule has 1 aromatic heterocycles. The molecule has 0 aromatic carbocycles. The van der Waals surface area contributed by atoms with Crippen LogP contribution in [0.4, 0.5) is 4.79 Å². The maximum absolute atomic E-state index is 12.3. The Labute approximate surface area is 147 Å². The lowest BCUT2D eigenvalue weighted by atomic mass is 10.2. The molecule has 24 heavy (non-hydrogen) atoms. The molecule has 1 saturated heterocycles. The van der Waals surface area contributed by atoms with Crippen LogP contribution in [0.3, 0.4) is 0 Å². The summed E-state index contributed by atoms with van der Waals surface area (Å²) in [7, 11) is 0. The van der Waals surface area contributed by atoms with Gasteiger partial charge in [0.25, 0.3) is 11.1 Å². The minimum Gasteiger partial charge on any atom is -0.368 e. The highest BCUT2D eigenvalue weighted by molar-refractivity contribution is 8.18. The van der Waals surface area contributed by atoms with Crippen LogP contribution in [0.5, 0.6) is 0 Å². The monoisotopic (exact) mass is 365 g/mol. The van der Waals surface area contributed by atoms with Crippen LogP contribution in [0, 0.1) is 0 Å². The lowest BCUT2D eigenvalue weighted by Crippen LogP contribution is -2.43. The van der Waals surface area contributed by atoms with Crippen LogP contribution in [-0.2, 0) is 9.59 Å². The molecule has 0 spiro atoms. The number of hydrogen-bond acceptors (Lipinski definition) is 6. The van der Waals surface area contributed by atoms with E-state index in [0.29, 0.717) is 4.91 Å². The van der Waals surface area contributed by atoms with Gasteiger partial charge in [0.2, 0.25) is 5.91 Å². The molecule has 126 valence electrons. The van der Waals surface area contributed by atoms with Gasteiger partial charge in [-0.15, -0.1) is 0 Å². The van der Waals surface area contributed by atoms with E-state index < -0.39 is 5.91 Å². The normalized spacial score (nSPS) is 15.7. The number of thioether (sulfide) groups is 1. The molecule has 1 aromatic rings. The summed E-state index contributed by atoms with van der Waals surface area (Å²) >= 11 is 5.82. The Morgan fingerprint density at radius 1 is 1.42 bits per heavy atom. The predicted octanol–water partition coefficient (Wildman–Crippen LogP) is 0.0673. The minimum absolute atomic E-state index is 0.0821. The summed E-state index contributed by atoms with van der Waals surface area (Å²) < 4.78 is 0. The molecule has 2 rings (SSSR count). The van der Waals surface area contributed by atoms with Crippen molar-refractivity contribution in [3.05, 3.63) is 35.0 Å². The fourth-order valence-corrected chi connectivity index (χ4v) is 2.86. The van der Waals surface area contributed by atoms with Crippen molar-refractivity contribution < 1.29 is 14.4 Å². The van der Waals surface area contributed by atoms with Gasteiger partial charge in [-0.25, -0.2) is 0 Å². The second-order valence-electron chi connectivity index (χ2n) is 4.70. The Morgan fingerprint density at radius 3 is 2.88 bits per heavy atom. The zero-order valence-corrected chi connectivity index (χ0v) is 14.2. The second kappa shape index (κ2) is 8.41. The van der Waals surface area contributed by atoms with Crippen LogP contribution < -0.4 is 16.4 Å². The van der Waals surface area contributed by atoms with Gasteiger partial charge < -0.3 is 16.4 Å². The van der Waals surface area contributed by atoms with Crippen LogP contribution >= 0.6 is 24.0 Å². The van der Waals surface area contributed by atoms with E-state index in [9.17, 15) is 14.4 Å². The quantitative estimate of drug-likeness (QED) is 0.479. The molecular weight excluding hydrogens is 350 g/mol. The van der Waals surface area contributed by atoms with Gasteiger partial charge in [0, 0.05) is 25.5 Å². The minimum atomic E-state index is -0.536. The first-order valence-electron chi connectivity index (χ1n) is 6.93. The summed E-state index contributed by atoms with van der Waals surface area (Å²) in [4.78, 5) is 40.3. The van der Waals surface area contributed by atoms with Gasteiger partial charge in [0.05, 0.1) is 11.4 Å². The van der Waals surface area contributed by atoms with Gasteiger partial charge in [-0.3, -0.25) is 24.3 Å². The van der Waals surface area contributed by atoms with Gasteiger partial charge in [0.1, 0.15) is 0 Å². The first-order valence-corrected chi connectivity index (χ1v) is 8.15. The highest BCUT2D eigenvalue weighted by Crippen LogP contribution is 2.31. The number of pyridine rings is 1. The van der Waals surface area contributed by atoms with Crippen LogP contribution in [0.1, 0.15) is 5.56 Å². The number of carbonyl (C=O) groups excluding carboxylic acids is 3. The van der Waals surface area contributed by atoms with Gasteiger partial charge >= 0.3 is 0 Å². The number of carbonyl (C=O) groups is 3. The summed E-state index contributed by atoms with van der Waals surface area (Å²) in [5, 5.41) is 5.29. The maximum atomic E-state index is 12.3. The number of imide groups is 1. The summed E-state index contributed by atoms with van der Waals surface area (Å²) in [5.41, 5.74) is 5.73.